The third-order valence-electron chi connectivity index (χ3n) is 3.09. The minimum absolute atomic E-state index is 0.0565. The standard InChI is InChI=1S/C15H15F3N4O2/c1-3-4-7-22-13-10(5-6-11(20-13)15(16,17)18)12(21-14(22)24)19-9(2)8-23/h3-7,9,23H,1,8H2,2H3,(H,19,21,24)/b7-4+. The molecule has 9 heteroatoms. The first kappa shape index (κ1) is 17.7. The Balaban J connectivity index is 2.78. The minimum Gasteiger partial charge on any atom is -0.394 e. The summed E-state index contributed by atoms with van der Waals surface area (Å²) in [7, 11) is 0. The first-order valence-electron chi connectivity index (χ1n) is 6.95. The maximum atomic E-state index is 12.9. The van der Waals surface area contributed by atoms with Crippen LogP contribution in [-0.4, -0.2) is 32.3 Å². The zero-order valence-electron chi connectivity index (χ0n) is 12.7. The van der Waals surface area contributed by atoms with Gasteiger partial charge in [-0.2, -0.15) is 18.2 Å². The summed E-state index contributed by atoms with van der Waals surface area (Å²) in [6.07, 6.45) is -0.663. The zero-order valence-corrected chi connectivity index (χ0v) is 12.7. The van der Waals surface area contributed by atoms with Gasteiger partial charge in [0.15, 0.2) is 5.65 Å². The third kappa shape index (κ3) is 3.62. The van der Waals surface area contributed by atoms with Crippen LogP contribution in [0, 0.1) is 0 Å². The molecule has 1 atom stereocenters. The molecule has 2 rings (SSSR count). The molecule has 2 aromatic heterocycles. The lowest BCUT2D eigenvalue weighted by Gasteiger charge is -2.15. The van der Waals surface area contributed by atoms with Crippen molar-refractivity contribution in [2.24, 2.45) is 0 Å². The summed E-state index contributed by atoms with van der Waals surface area (Å²) in [5, 5.41) is 12.1. The van der Waals surface area contributed by atoms with Gasteiger partial charge in [-0.15, -0.1) is 0 Å². The number of alkyl halides is 3. The van der Waals surface area contributed by atoms with Crippen LogP contribution in [0.15, 0.2) is 35.7 Å². The summed E-state index contributed by atoms with van der Waals surface area (Å²) < 4.78 is 39.7. The molecule has 2 heterocycles. The first-order valence-corrected chi connectivity index (χ1v) is 6.95. The highest BCUT2D eigenvalue weighted by molar-refractivity contribution is 5.88. The van der Waals surface area contributed by atoms with Crippen LogP contribution in [0.2, 0.25) is 0 Å². The molecule has 2 aromatic rings. The Labute approximate surface area is 135 Å². The molecule has 24 heavy (non-hydrogen) atoms. The van der Waals surface area contributed by atoms with E-state index in [2.05, 4.69) is 21.9 Å². The predicted octanol–water partition coefficient (Wildman–Crippen LogP) is 2.26. The Morgan fingerprint density at radius 2 is 2.12 bits per heavy atom. The molecule has 0 spiro atoms. The molecule has 0 radical (unpaired) electrons. The fraction of sp³-hybridized carbons (Fsp3) is 0.267. The predicted molar refractivity (Wildman–Crippen MR) is 84.5 cm³/mol. The van der Waals surface area contributed by atoms with Gasteiger partial charge in [0.2, 0.25) is 0 Å². The summed E-state index contributed by atoms with van der Waals surface area (Å²) in [4.78, 5) is 19.5. The summed E-state index contributed by atoms with van der Waals surface area (Å²) in [5.74, 6) is 0.0565. The molecule has 0 saturated heterocycles. The average molecular weight is 340 g/mol. The molecule has 0 aliphatic heterocycles. The van der Waals surface area contributed by atoms with E-state index >= 15 is 0 Å². The number of aliphatic hydroxyl groups is 1. The molecule has 0 amide bonds. The monoisotopic (exact) mass is 340 g/mol. The minimum atomic E-state index is -4.65. The van der Waals surface area contributed by atoms with Gasteiger partial charge in [-0.3, -0.25) is 4.57 Å². The van der Waals surface area contributed by atoms with E-state index in [-0.39, 0.29) is 23.5 Å². The van der Waals surface area contributed by atoms with Crippen LogP contribution in [0.1, 0.15) is 12.6 Å². The van der Waals surface area contributed by atoms with Gasteiger partial charge in [-0.05, 0) is 25.1 Å². The van der Waals surface area contributed by atoms with Gasteiger partial charge in [0.05, 0.1) is 12.0 Å². The lowest BCUT2D eigenvalue weighted by atomic mass is 10.2. The molecular formula is C15H15F3N4O2. The van der Waals surface area contributed by atoms with Crippen molar-refractivity contribution in [3.05, 3.63) is 47.0 Å². The average Bonchev–Trinajstić information content (AvgIpc) is 2.53. The van der Waals surface area contributed by atoms with Crippen LogP contribution < -0.4 is 11.0 Å². The van der Waals surface area contributed by atoms with Crippen LogP contribution in [-0.2, 0) is 6.18 Å². The van der Waals surface area contributed by atoms with Gasteiger partial charge in [0.25, 0.3) is 0 Å². The van der Waals surface area contributed by atoms with Crippen molar-refractivity contribution >= 4 is 23.1 Å². The number of fused-ring (bicyclic) bond motifs is 1. The smallest absolute Gasteiger partial charge is 0.394 e. The Hall–Kier alpha value is -2.68. The number of anilines is 1. The van der Waals surface area contributed by atoms with Crippen LogP contribution in [0.5, 0.6) is 0 Å². The molecule has 2 N–H and O–H groups in total. The second kappa shape index (κ2) is 6.83. The molecule has 0 aliphatic rings. The normalized spacial score (nSPS) is 13.4. The second-order valence-electron chi connectivity index (χ2n) is 4.98. The molecule has 0 saturated carbocycles. The van der Waals surface area contributed by atoms with Crippen molar-refractivity contribution in [1.82, 2.24) is 14.5 Å². The van der Waals surface area contributed by atoms with Gasteiger partial charge in [0.1, 0.15) is 11.5 Å². The van der Waals surface area contributed by atoms with E-state index in [0.717, 1.165) is 10.6 Å². The van der Waals surface area contributed by atoms with Crippen LogP contribution in [0.25, 0.3) is 17.2 Å². The third-order valence-corrected chi connectivity index (χ3v) is 3.09. The lowest BCUT2D eigenvalue weighted by molar-refractivity contribution is -0.141. The van der Waals surface area contributed by atoms with Gasteiger partial charge < -0.3 is 10.4 Å². The number of aromatic nitrogens is 3. The van der Waals surface area contributed by atoms with Crippen molar-refractivity contribution in [3.8, 4) is 0 Å². The molecule has 1 unspecified atom stereocenters. The van der Waals surface area contributed by atoms with Crippen molar-refractivity contribution < 1.29 is 18.3 Å². The topological polar surface area (TPSA) is 80.0 Å². The van der Waals surface area contributed by atoms with E-state index < -0.39 is 23.6 Å². The molecule has 6 nitrogen and oxygen atoms in total. The Morgan fingerprint density at radius 3 is 2.71 bits per heavy atom. The Morgan fingerprint density at radius 1 is 1.42 bits per heavy atom. The number of aliphatic hydroxyl groups excluding tert-OH is 1. The van der Waals surface area contributed by atoms with Gasteiger partial charge in [-0.1, -0.05) is 12.7 Å². The molecular weight excluding hydrogens is 325 g/mol. The molecule has 0 aliphatic carbocycles. The maximum Gasteiger partial charge on any atom is 0.433 e. The highest BCUT2D eigenvalue weighted by atomic mass is 19.4. The van der Waals surface area contributed by atoms with Gasteiger partial charge >= 0.3 is 11.9 Å². The SMILES string of the molecule is C=C/C=C/n1c(=O)nc(NC(C)CO)c2ccc(C(F)(F)F)nc21. The Bertz CT molecular complexity index is 843. The van der Waals surface area contributed by atoms with Crippen molar-refractivity contribution in [2.75, 3.05) is 11.9 Å². The Kier molecular flexibility index (Phi) is 5.03. The van der Waals surface area contributed by atoms with Crippen molar-refractivity contribution in [3.63, 3.8) is 0 Å². The molecule has 0 fully saturated rings. The van der Waals surface area contributed by atoms with E-state index in [4.69, 9.17) is 5.11 Å². The number of nitrogens with one attached hydrogen (secondary N) is 1. The second-order valence-corrected chi connectivity index (χ2v) is 4.98. The van der Waals surface area contributed by atoms with E-state index in [0.29, 0.717) is 0 Å². The van der Waals surface area contributed by atoms with Gasteiger partial charge in [-0.25, -0.2) is 9.78 Å². The molecule has 128 valence electrons. The number of allylic oxidation sites excluding steroid dienone is 2. The van der Waals surface area contributed by atoms with Crippen molar-refractivity contribution in [2.45, 2.75) is 19.1 Å². The van der Waals surface area contributed by atoms with E-state index in [1.165, 1.54) is 24.4 Å². The van der Waals surface area contributed by atoms with Crippen LogP contribution in [0.3, 0.4) is 0 Å². The fourth-order valence-electron chi connectivity index (χ4n) is 1.95. The summed E-state index contributed by atoms with van der Waals surface area (Å²) in [5.41, 5.74) is -2.13. The molecule has 0 aromatic carbocycles. The van der Waals surface area contributed by atoms with E-state index in [1.54, 1.807) is 6.92 Å². The maximum absolute atomic E-state index is 12.9. The number of nitrogens with zero attached hydrogens (tertiary/aromatic N) is 3. The number of pyridine rings is 1. The number of hydrogen-bond donors (Lipinski definition) is 2. The number of rotatable bonds is 5. The fourth-order valence-corrected chi connectivity index (χ4v) is 1.95. The summed E-state index contributed by atoms with van der Waals surface area (Å²) >= 11 is 0. The van der Waals surface area contributed by atoms with E-state index in [1.807, 2.05) is 0 Å². The van der Waals surface area contributed by atoms with Crippen LogP contribution in [0.4, 0.5) is 19.0 Å². The first-order chi connectivity index (χ1) is 11.3. The zero-order chi connectivity index (χ0) is 17.9. The lowest BCUT2D eigenvalue weighted by Crippen LogP contribution is -2.26. The van der Waals surface area contributed by atoms with Crippen molar-refractivity contribution in [1.29, 1.82) is 0 Å². The van der Waals surface area contributed by atoms with Gasteiger partial charge in [0, 0.05) is 12.2 Å². The highest BCUT2D eigenvalue weighted by Crippen LogP contribution is 2.30. The quantitative estimate of drug-likeness (QED) is 0.816. The summed E-state index contributed by atoms with van der Waals surface area (Å²) in [6, 6.07) is 1.55. The van der Waals surface area contributed by atoms with Crippen LogP contribution >= 0.6 is 0 Å². The highest BCUT2D eigenvalue weighted by Gasteiger charge is 2.33. The van der Waals surface area contributed by atoms with E-state index in [9.17, 15) is 18.0 Å². The summed E-state index contributed by atoms with van der Waals surface area (Å²) in [6.45, 7) is 4.84. The number of halogens is 3. The molecule has 0 bridgehead atoms. The number of hydrogen-bond acceptors (Lipinski definition) is 5. The largest absolute Gasteiger partial charge is 0.433 e.